The molecule has 124 valence electrons. The fraction of sp³-hybridized carbons (Fsp3) is 0.538. The fourth-order valence-electron chi connectivity index (χ4n) is 2.32. The second-order valence-corrected chi connectivity index (χ2v) is 8.98. The Kier molecular flexibility index (Phi) is 5.10. The summed E-state index contributed by atoms with van der Waals surface area (Å²) in [6.45, 7) is 1.13. The zero-order valence-corrected chi connectivity index (χ0v) is 14.1. The van der Waals surface area contributed by atoms with Crippen LogP contribution in [0.2, 0.25) is 0 Å². The van der Waals surface area contributed by atoms with Crippen LogP contribution >= 0.6 is 0 Å². The molecule has 1 atom stereocenters. The van der Waals surface area contributed by atoms with Gasteiger partial charge in [0.15, 0.2) is 9.84 Å². The summed E-state index contributed by atoms with van der Waals surface area (Å²) in [5, 5.41) is 3.19. The molecule has 1 saturated heterocycles. The molecule has 0 aromatic heterocycles. The molecule has 0 aliphatic carbocycles. The van der Waals surface area contributed by atoms with Gasteiger partial charge in [0.05, 0.1) is 12.0 Å². The van der Waals surface area contributed by atoms with E-state index >= 15 is 0 Å². The van der Waals surface area contributed by atoms with Crippen molar-refractivity contribution >= 4 is 19.9 Å². The van der Waals surface area contributed by atoms with Crippen molar-refractivity contribution in [3.63, 3.8) is 0 Å². The zero-order chi connectivity index (χ0) is 16.4. The van der Waals surface area contributed by atoms with Crippen LogP contribution in [-0.2, 0) is 19.9 Å². The van der Waals surface area contributed by atoms with Gasteiger partial charge in [-0.05, 0) is 37.6 Å². The SMILES string of the molecule is COc1ccc(S(C)(=O)=O)cc1S(=O)(=O)NCC1CCCN1. The Morgan fingerprint density at radius 1 is 1.32 bits per heavy atom. The Hall–Kier alpha value is -1.16. The number of hydrogen-bond acceptors (Lipinski definition) is 6. The van der Waals surface area contributed by atoms with Gasteiger partial charge in [-0.2, -0.15) is 0 Å². The standard InChI is InChI=1S/C13H20N2O5S2/c1-20-12-6-5-11(21(2,16)17)8-13(12)22(18,19)15-9-10-4-3-7-14-10/h5-6,8,10,14-15H,3-4,7,9H2,1-2H3. The number of methoxy groups -OCH3 is 1. The lowest BCUT2D eigenvalue weighted by molar-refractivity contribution is 0.401. The Balaban J connectivity index is 2.31. The number of benzene rings is 1. The van der Waals surface area contributed by atoms with E-state index in [9.17, 15) is 16.8 Å². The van der Waals surface area contributed by atoms with Gasteiger partial charge in [0.1, 0.15) is 10.6 Å². The third-order valence-electron chi connectivity index (χ3n) is 3.53. The maximum absolute atomic E-state index is 12.4. The van der Waals surface area contributed by atoms with Gasteiger partial charge in [-0.25, -0.2) is 21.6 Å². The average molecular weight is 348 g/mol. The molecule has 1 heterocycles. The highest BCUT2D eigenvalue weighted by Crippen LogP contribution is 2.26. The van der Waals surface area contributed by atoms with E-state index < -0.39 is 19.9 Å². The number of sulfonamides is 1. The molecule has 0 saturated carbocycles. The molecule has 2 N–H and O–H groups in total. The van der Waals surface area contributed by atoms with E-state index in [1.54, 1.807) is 0 Å². The molecular weight excluding hydrogens is 328 g/mol. The summed E-state index contributed by atoms with van der Waals surface area (Å²) in [5.74, 6) is 0.110. The summed E-state index contributed by atoms with van der Waals surface area (Å²) in [6.07, 6.45) is 2.95. The quantitative estimate of drug-likeness (QED) is 0.758. The molecule has 0 spiro atoms. The number of rotatable bonds is 6. The molecule has 2 rings (SSSR count). The van der Waals surface area contributed by atoms with Gasteiger partial charge in [0, 0.05) is 18.8 Å². The van der Waals surface area contributed by atoms with Gasteiger partial charge in [-0.15, -0.1) is 0 Å². The number of hydrogen-bond donors (Lipinski definition) is 2. The molecule has 1 aliphatic heterocycles. The largest absolute Gasteiger partial charge is 0.495 e. The van der Waals surface area contributed by atoms with Crippen LogP contribution in [0.1, 0.15) is 12.8 Å². The highest BCUT2D eigenvalue weighted by Gasteiger charge is 2.24. The third kappa shape index (κ3) is 3.97. The Morgan fingerprint density at radius 3 is 2.59 bits per heavy atom. The number of ether oxygens (including phenoxy) is 1. The molecule has 0 radical (unpaired) electrons. The first kappa shape index (κ1) is 17.2. The lowest BCUT2D eigenvalue weighted by Crippen LogP contribution is -2.37. The van der Waals surface area contributed by atoms with Crippen molar-refractivity contribution in [1.29, 1.82) is 0 Å². The van der Waals surface area contributed by atoms with Crippen LogP contribution in [-0.4, -0.2) is 49.3 Å². The normalized spacial score (nSPS) is 19.3. The van der Waals surface area contributed by atoms with Crippen LogP contribution in [0.5, 0.6) is 5.75 Å². The predicted molar refractivity (Wildman–Crippen MR) is 82.3 cm³/mol. The summed E-state index contributed by atoms with van der Waals surface area (Å²) in [7, 11) is -6.01. The molecule has 22 heavy (non-hydrogen) atoms. The lowest BCUT2D eigenvalue weighted by Gasteiger charge is -2.14. The minimum Gasteiger partial charge on any atom is -0.495 e. The van der Waals surface area contributed by atoms with Gasteiger partial charge in [0.25, 0.3) is 0 Å². The second-order valence-electron chi connectivity index (χ2n) is 5.23. The fourth-order valence-corrected chi connectivity index (χ4v) is 4.31. The first-order valence-electron chi connectivity index (χ1n) is 6.85. The second kappa shape index (κ2) is 6.53. The highest BCUT2D eigenvalue weighted by atomic mass is 32.2. The molecule has 1 aliphatic rings. The summed E-state index contributed by atoms with van der Waals surface area (Å²) in [5.41, 5.74) is 0. The smallest absolute Gasteiger partial charge is 0.244 e. The van der Waals surface area contributed by atoms with Gasteiger partial charge >= 0.3 is 0 Å². The highest BCUT2D eigenvalue weighted by molar-refractivity contribution is 7.91. The molecule has 1 aromatic rings. The topological polar surface area (TPSA) is 102 Å². The van der Waals surface area contributed by atoms with Crippen LogP contribution in [0, 0.1) is 0 Å². The average Bonchev–Trinajstić information content (AvgIpc) is 2.97. The number of sulfone groups is 1. The molecular formula is C13H20N2O5S2. The van der Waals surface area contributed by atoms with Crippen LogP contribution in [0.4, 0.5) is 0 Å². The van der Waals surface area contributed by atoms with Crippen LogP contribution in [0.3, 0.4) is 0 Å². The maximum atomic E-state index is 12.4. The Labute approximate surface area is 131 Å². The van der Waals surface area contributed by atoms with E-state index in [0.29, 0.717) is 0 Å². The van der Waals surface area contributed by atoms with E-state index in [2.05, 4.69) is 10.0 Å². The van der Waals surface area contributed by atoms with E-state index in [-0.39, 0.29) is 28.1 Å². The van der Waals surface area contributed by atoms with Crippen LogP contribution in [0.15, 0.2) is 28.0 Å². The minimum absolute atomic E-state index is 0.0623. The Bertz CT molecular complexity index is 738. The molecule has 0 bridgehead atoms. The van der Waals surface area contributed by atoms with Crippen LogP contribution < -0.4 is 14.8 Å². The predicted octanol–water partition coefficient (Wildman–Crippen LogP) is 0.129. The van der Waals surface area contributed by atoms with E-state index in [0.717, 1.165) is 31.7 Å². The van der Waals surface area contributed by atoms with Crippen molar-refractivity contribution < 1.29 is 21.6 Å². The molecule has 0 amide bonds. The van der Waals surface area contributed by atoms with E-state index in [1.807, 2.05) is 0 Å². The zero-order valence-electron chi connectivity index (χ0n) is 12.5. The summed E-state index contributed by atoms with van der Waals surface area (Å²) < 4.78 is 55.6. The molecule has 1 fully saturated rings. The molecule has 1 aromatic carbocycles. The molecule has 7 nitrogen and oxygen atoms in total. The summed E-state index contributed by atoms with van der Waals surface area (Å²) >= 11 is 0. The van der Waals surface area contributed by atoms with Crippen molar-refractivity contribution in [2.45, 2.75) is 28.7 Å². The number of nitrogens with one attached hydrogen (secondary N) is 2. The first-order valence-corrected chi connectivity index (χ1v) is 10.2. The van der Waals surface area contributed by atoms with E-state index in [4.69, 9.17) is 4.74 Å². The monoisotopic (exact) mass is 348 g/mol. The molecule has 1 unspecified atom stereocenters. The van der Waals surface area contributed by atoms with E-state index in [1.165, 1.54) is 19.2 Å². The first-order chi connectivity index (χ1) is 10.2. The van der Waals surface area contributed by atoms with Crippen molar-refractivity contribution in [3.8, 4) is 5.75 Å². The van der Waals surface area contributed by atoms with Gasteiger partial charge in [-0.1, -0.05) is 0 Å². The van der Waals surface area contributed by atoms with Crippen molar-refractivity contribution in [2.75, 3.05) is 26.5 Å². The maximum Gasteiger partial charge on any atom is 0.244 e. The third-order valence-corrected chi connectivity index (χ3v) is 6.09. The summed E-state index contributed by atoms with van der Waals surface area (Å²) in [4.78, 5) is -0.233. The van der Waals surface area contributed by atoms with Crippen LogP contribution in [0.25, 0.3) is 0 Å². The van der Waals surface area contributed by atoms with Gasteiger partial charge < -0.3 is 10.1 Å². The minimum atomic E-state index is -3.85. The van der Waals surface area contributed by atoms with Gasteiger partial charge in [0.2, 0.25) is 10.0 Å². The van der Waals surface area contributed by atoms with Gasteiger partial charge in [-0.3, -0.25) is 0 Å². The summed E-state index contributed by atoms with van der Waals surface area (Å²) in [6, 6.07) is 3.89. The Morgan fingerprint density at radius 2 is 2.05 bits per heavy atom. The molecule has 9 heteroatoms. The van der Waals surface area contributed by atoms with Crippen molar-refractivity contribution in [1.82, 2.24) is 10.0 Å². The van der Waals surface area contributed by atoms with Crippen molar-refractivity contribution in [2.24, 2.45) is 0 Å². The lowest BCUT2D eigenvalue weighted by atomic mass is 10.2. The van der Waals surface area contributed by atoms with Crippen molar-refractivity contribution in [3.05, 3.63) is 18.2 Å².